The smallest absolute Gasteiger partial charge is 0.315 e. The lowest BCUT2D eigenvalue weighted by Crippen LogP contribution is -2.48. The number of halogens is 3. The number of anilines is 1. The average molecular weight is 345 g/mol. The first-order valence-electron chi connectivity index (χ1n) is 7.02. The Kier molecular flexibility index (Phi) is 3.78. The van der Waals surface area contributed by atoms with Crippen LogP contribution in [0, 0.1) is 0 Å². The number of hydrogen-bond donors (Lipinski definition) is 1. The lowest BCUT2D eigenvalue weighted by Gasteiger charge is -2.29. The second kappa shape index (κ2) is 5.40. The summed E-state index contributed by atoms with van der Waals surface area (Å²) in [6.45, 7) is 1.90. The van der Waals surface area contributed by atoms with Gasteiger partial charge in [-0.1, -0.05) is 6.07 Å². The van der Waals surface area contributed by atoms with E-state index >= 15 is 0 Å². The fraction of sp³-hybridized carbons (Fsp3) is 0.500. The van der Waals surface area contributed by atoms with Gasteiger partial charge in [-0.3, -0.25) is 9.59 Å². The van der Waals surface area contributed by atoms with E-state index in [9.17, 15) is 22.8 Å². The van der Waals surface area contributed by atoms with Gasteiger partial charge in [0, 0.05) is 12.2 Å². The van der Waals surface area contributed by atoms with Crippen molar-refractivity contribution in [3.63, 3.8) is 0 Å². The molecule has 0 bridgehead atoms. The van der Waals surface area contributed by atoms with Crippen molar-refractivity contribution in [2.24, 2.45) is 0 Å². The molecule has 3 rings (SSSR count). The van der Waals surface area contributed by atoms with E-state index in [0.29, 0.717) is 18.6 Å². The van der Waals surface area contributed by atoms with Crippen molar-refractivity contribution < 1.29 is 22.8 Å². The van der Waals surface area contributed by atoms with Gasteiger partial charge in [-0.2, -0.15) is 13.2 Å². The molecule has 23 heavy (non-hydrogen) atoms. The molecule has 1 aromatic heterocycles. The summed E-state index contributed by atoms with van der Waals surface area (Å²) < 4.78 is 38.0. The number of alkyl halides is 3. The van der Waals surface area contributed by atoms with Gasteiger partial charge < -0.3 is 10.2 Å². The molecule has 0 saturated carbocycles. The fourth-order valence-corrected chi connectivity index (χ4v) is 4.32. The van der Waals surface area contributed by atoms with Gasteiger partial charge in [-0.25, -0.2) is 4.98 Å². The van der Waals surface area contributed by atoms with E-state index in [1.807, 2.05) is 6.92 Å². The molecule has 2 fully saturated rings. The number of carbonyl (C=O) groups excluding carboxylic acids is 2. The van der Waals surface area contributed by atoms with E-state index in [1.54, 1.807) is 4.90 Å². The Hall–Kier alpha value is -1.77. The molecule has 0 aliphatic carbocycles. The quantitative estimate of drug-likeness (QED) is 0.895. The lowest BCUT2D eigenvalue weighted by atomic mass is 10.2. The molecule has 1 N–H and O–H groups in total. The van der Waals surface area contributed by atoms with Crippen LogP contribution in [0.3, 0.4) is 0 Å². The number of fused-ring (bicyclic) bond motifs is 1. The third kappa shape index (κ3) is 2.89. The Morgan fingerprint density at radius 2 is 2.22 bits per heavy atom. The van der Waals surface area contributed by atoms with Crippen LogP contribution in [0.5, 0.6) is 0 Å². The molecule has 0 radical (unpaired) electrons. The topological polar surface area (TPSA) is 62.3 Å². The number of aromatic nitrogens is 1. The van der Waals surface area contributed by atoms with Crippen molar-refractivity contribution in [2.45, 2.75) is 36.9 Å². The Balaban J connectivity index is 1.77. The van der Waals surface area contributed by atoms with Crippen LogP contribution in [0.4, 0.5) is 19.0 Å². The number of carbonyl (C=O) groups is 2. The zero-order chi connectivity index (χ0) is 16.8. The maximum atomic E-state index is 12.7. The largest absolute Gasteiger partial charge is 0.433 e. The molecule has 124 valence electrons. The predicted octanol–water partition coefficient (Wildman–Crippen LogP) is 2.49. The van der Waals surface area contributed by atoms with E-state index in [2.05, 4.69) is 10.3 Å². The summed E-state index contributed by atoms with van der Waals surface area (Å²) in [4.78, 5) is 28.9. The average Bonchev–Trinajstić information content (AvgIpc) is 2.95. The number of pyridine rings is 1. The summed E-state index contributed by atoms with van der Waals surface area (Å²) in [6.07, 6.45) is -3.52. The molecular weight excluding hydrogens is 331 g/mol. The third-order valence-electron chi connectivity index (χ3n) is 4.04. The monoisotopic (exact) mass is 345 g/mol. The molecule has 0 unspecified atom stereocenters. The number of amides is 2. The molecule has 3 heterocycles. The normalized spacial score (nSPS) is 27.2. The third-order valence-corrected chi connectivity index (χ3v) is 5.54. The summed E-state index contributed by atoms with van der Waals surface area (Å²) in [5, 5.41) is 2.39. The number of hydrogen-bond acceptors (Lipinski definition) is 4. The highest BCUT2D eigenvalue weighted by atomic mass is 32.2. The molecule has 2 aliphatic rings. The van der Waals surface area contributed by atoms with Crippen molar-refractivity contribution in [3.05, 3.63) is 23.9 Å². The first kappa shape index (κ1) is 16.1. The van der Waals surface area contributed by atoms with Crippen LogP contribution in [0.15, 0.2) is 18.2 Å². The van der Waals surface area contributed by atoms with Crippen LogP contribution in [0.25, 0.3) is 0 Å². The molecule has 2 aliphatic heterocycles. The van der Waals surface area contributed by atoms with Crippen molar-refractivity contribution in [1.29, 1.82) is 0 Å². The van der Waals surface area contributed by atoms with Crippen molar-refractivity contribution in [3.8, 4) is 0 Å². The Morgan fingerprint density at radius 3 is 2.91 bits per heavy atom. The van der Waals surface area contributed by atoms with Crippen LogP contribution in [0.1, 0.15) is 25.5 Å². The molecule has 9 heteroatoms. The Labute approximate surface area is 134 Å². The highest BCUT2D eigenvalue weighted by Crippen LogP contribution is 2.47. The standard InChI is InChI=1S/C14H14F3N3O2S/c1-13-6-5-11(21)20(13)8(7-23-13)12(22)19-10-4-2-3-9(18-10)14(15,16)17/h2-4,8H,5-7H2,1H3,(H,18,19,22)/t8-,13+/m0/s1. The first-order chi connectivity index (χ1) is 10.7. The highest BCUT2D eigenvalue weighted by molar-refractivity contribution is 8.01. The van der Waals surface area contributed by atoms with Crippen molar-refractivity contribution >= 4 is 29.4 Å². The van der Waals surface area contributed by atoms with Gasteiger partial charge in [0.15, 0.2) is 0 Å². The van der Waals surface area contributed by atoms with Gasteiger partial charge in [0.2, 0.25) is 11.8 Å². The van der Waals surface area contributed by atoms with Gasteiger partial charge in [0.1, 0.15) is 17.6 Å². The maximum absolute atomic E-state index is 12.7. The second-order valence-corrected chi connectivity index (χ2v) is 7.16. The molecule has 2 saturated heterocycles. The summed E-state index contributed by atoms with van der Waals surface area (Å²) in [5.74, 6) is -0.361. The van der Waals surface area contributed by atoms with Crippen molar-refractivity contribution in [1.82, 2.24) is 9.88 Å². The Bertz CT molecular complexity index is 667. The zero-order valence-corrected chi connectivity index (χ0v) is 13.0. The predicted molar refractivity (Wildman–Crippen MR) is 78.6 cm³/mol. The van der Waals surface area contributed by atoms with E-state index in [-0.39, 0.29) is 11.7 Å². The summed E-state index contributed by atoms with van der Waals surface area (Å²) in [7, 11) is 0. The summed E-state index contributed by atoms with van der Waals surface area (Å²) >= 11 is 1.52. The minimum Gasteiger partial charge on any atom is -0.315 e. The van der Waals surface area contributed by atoms with Crippen LogP contribution in [-0.4, -0.2) is 38.4 Å². The molecule has 1 aromatic rings. The van der Waals surface area contributed by atoms with Gasteiger partial charge in [0.25, 0.3) is 0 Å². The number of nitrogens with zero attached hydrogens (tertiary/aromatic N) is 2. The van der Waals surface area contributed by atoms with Gasteiger partial charge in [-0.15, -0.1) is 11.8 Å². The molecule has 2 amide bonds. The maximum Gasteiger partial charge on any atom is 0.433 e. The van der Waals surface area contributed by atoms with Crippen molar-refractivity contribution in [2.75, 3.05) is 11.1 Å². The second-order valence-electron chi connectivity index (χ2n) is 5.66. The SMILES string of the molecule is C[C@@]12CCC(=O)N1[C@H](C(=O)Nc1cccc(C(F)(F)F)n1)CS2. The first-order valence-corrected chi connectivity index (χ1v) is 8.00. The number of thioether (sulfide) groups is 1. The summed E-state index contributed by atoms with van der Waals surface area (Å²) in [6, 6.07) is 2.62. The molecule has 0 spiro atoms. The minimum atomic E-state index is -4.58. The van der Waals surface area contributed by atoms with Crippen LogP contribution in [0.2, 0.25) is 0 Å². The molecule has 5 nitrogen and oxygen atoms in total. The number of rotatable bonds is 2. The lowest BCUT2D eigenvalue weighted by molar-refractivity contribution is -0.141. The number of nitrogens with one attached hydrogen (secondary N) is 1. The zero-order valence-electron chi connectivity index (χ0n) is 12.2. The van der Waals surface area contributed by atoms with E-state index in [0.717, 1.165) is 6.07 Å². The molecule has 0 aromatic carbocycles. The van der Waals surface area contributed by atoms with Crippen LogP contribution < -0.4 is 5.32 Å². The molecular formula is C14H14F3N3O2S. The van der Waals surface area contributed by atoms with Crippen LogP contribution in [-0.2, 0) is 15.8 Å². The minimum absolute atomic E-state index is 0.102. The summed E-state index contributed by atoms with van der Waals surface area (Å²) in [5.41, 5.74) is -1.07. The van der Waals surface area contributed by atoms with E-state index in [4.69, 9.17) is 0 Å². The fourth-order valence-electron chi connectivity index (χ4n) is 2.89. The Morgan fingerprint density at radius 1 is 1.48 bits per heavy atom. The van der Waals surface area contributed by atoms with Gasteiger partial charge >= 0.3 is 6.18 Å². The van der Waals surface area contributed by atoms with E-state index in [1.165, 1.54) is 23.9 Å². The van der Waals surface area contributed by atoms with Gasteiger partial charge in [-0.05, 0) is 25.5 Å². The highest BCUT2D eigenvalue weighted by Gasteiger charge is 2.52. The van der Waals surface area contributed by atoms with E-state index < -0.39 is 28.7 Å². The molecule has 2 atom stereocenters. The van der Waals surface area contributed by atoms with Gasteiger partial charge in [0.05, 0.1) is 4.87 Å². The van der Waals surface area contributed by atoms with Crippen LogP contribution >= 0.6 is 11.8 Å².